The molecule has 3 nitrogen and oxygen atoms in total. The fourth-order valence-corrected chi connectivity index (χ4v) is 2.87. The number of benzene rings is 1. The van der Waals surface area contributed by atoms with Gasteiger partial charge in [0.15, 0.2) is 0 Å². The summed E-state index contributed by atoms with van der Waals surface area (Å²) < 4.78 is 0. The highest BCUT2D eigenvalue weighted by atomic mass is 15.0. The molecule has 1 N–H and O–H groups in total. The van der Waals surface area contributed by atoms with Crippen LogP contribution < -0.4 is 5.32 Å². The van der Waals surface area contributed by atoms with Gasteiger partial charge in [-0.15, -0.1) is 0 Å². The Morgan fingerprint density at radius 1 is 1.10 bits per heavy atom. The van der Waals surface area contributed by atoms with Crippen molar-refractivity contribution in [2.24, 2.45) is 0 Å². The number of nitrogens with zero attached hydrogens (tertiary/aromatic N) is 2. The van der Waals surface area contributed by atoms with E-state index in [9.17, 15) is 0 Å². The highest BCUT2D eigenvalue weighted by molar-refractivity contribution is 5.48. The van der Waals surface area contributed by atoms with Crippen molar-refractivity contribution < 1.29 is 0 Å². The molecule has 1 aliphatic rings. The number of aryl methyl sites for hydroxylation is 3. The largest absolute Gasteiger partial charge is 0.373 e. The number of aromatic nitrogens is 2. The third-order valence-electron chi connectivity index (χ3n) is 4.15. The van der Waals surface area contributed by atoms with E-state index in [-0.39, 0.29) is 0 Å². The molecule has 0 saturated heterocycles. The third-order valence-corrected chi connectivity index (χ3v) is 4.15. The van der Waals surface area contributed by atoms with E-state index in [4.69, 9.17) is 4.98 Å². The van der Waals surface area contributed by atoms with E-state index in [0.717, 1.165) is 30.9 Å². The van der Waals surface area contributed by atoms with Crippen molar-refractivity contribution in [2.75, 3.05) is 12.4 Å². The maximum Gasteiger partial charge on any atom is 0.135 e. The molecule has 3 rings (SSSR count). The van der Waals surface area contributed by atoms with E-state index in [2.05, 4.69) is 42.3 Å². The zero-order valence-electron chi connectivity index (χ0n) is 12.5. The molecule has 0 bridgehead atoms. The number of hydrogen-bond donors (Lipinski definition) is 1. The van der Waals surface area contributed by atoms with Crippen LogP contribution in [-0.2, 0) is 19.3 Å². The monoisotopic (exact) mass is 267 g/mol. The zero-order chi connectivity index (χ0) is 14.1. The van der Waals surface area contributed by atoms with E-state index in [1.54, 1.807) is 0 Å². The van der Waals surface area contributed by atoms with Gasteiger partial charge in [0.1, 0.15) is 11.6 Å². The summed E-state index contributed by atoms with van der Waals surface area (Å²) in [4.78, 5) is 9.45. The van der Waals surface area contributed by atoms with Crippen LogP contribution >= 0.6 is 0 Å². The normalized spacial score (nSPS) is 13.3. The number of fused-ring (bicyclic) bond motifs is 1. The Morgan fingerprint density at radius 2 is 1.95 bits per heavy atom. The Kier molecular flexibility index (Phi) is 3.43. The van der Waals surface area contributed by atoms with Crippen LogP contribution in [0.2, 0.25) is 0 Å². The van der Waals surface area contributed by atoms with Crippen LogP contribution in [0.1, 0.15) is 40.2 Å². The second kappa shape index (κ2) is 5.23. The molecule has 0 unspecified atom stereocenters. The summed E-state index contributed by atoms with van der Waals surface area (Å²) in [7, 11) is 1.95. The predicted molar refractivity (Wildman–Crippen MR) is 82.3 cm³/mol. The third kappa shape index (κ3) is 2.40. The molecule has 0 atom stereocenters. The number of rotatable bonds is 3. The lowest BCUT2D eigenvalue weighted by Gasteiger charge is -2.10. The fraction of sp³-hybridized carbons (Fsp3) is 0.412. The molecule has 0 aliphatic heterocycles. The van der Waals surface area contributed by atoms with Crippen LogP contribution in [0.3, 0.4) is 0 Å². The minimum atomic E-state index is 0.809. The number of hydrogen-bond acceptors (Lipinski definition) is 3. The van der Waals surface area contributed by atoms with Gasteiger partial charge in [-0.1, -0.05) is 18.2 Å². The molecular weight excluding hydrogens is 246 g/mol. The average Bonchev–Trinajstić information content (AvgIpc) is 2.90. The molecule has 104 valence electrons. The summed E-state index contributed by atoms with van der Waals surface area (Å²) >= 11 is 0. The van der Waals surface area contributed by atoms with Gasteiger partial charge >= 0.3 is 0 Å². The summed E-state index contributed by atoms with van der Waals surface area (Å²) in [5.74, 6) is 1.95. The van der Waals surface area contributed by atoms with E-state index in [1.807, 2.05) is 7.05 Å². The molecule has 0 spiro atoms. The van der Waals surface area contributed by atoms with Crippen LogP contribution in [0.25, 0.3) is 0 Å². The van der Waals surface area contributed by atoms with Gasteiger partial charge < -0.3 is 5.32 Å². The van der Waals surface area contributed by atoms with Crippen molar-refractivity contribution in [3.63, 3.8) is 0 Å². The first-order valence-corrected chi connectivity index (χ1v) is 7.30. The predicted octanol–water partition coefficient (Wildman–Crippen LogP) is 3.21. The van der Waals surface area contributed by atoms with Gasteiger partial charge in [0.25, 0.3) is 0 Å². The van der Waals surface area contributed by atoms with Crippen LogP contribution in [0.15, 0.2) is 18.2 Å². The van der Waals surface area contributed by atoms with E-state index in [1.165, 1.54) is 34.4 Å². The second-order valence-electron chi connectivity index (χ2n) is 5.61. The Labute approximate surface area is 120 Å². The summed E-state index contributed by atoms with van der Waals surface area (Å²) in [5, 5.41) is 3.22. The molecular formula is C17H21N3. The first-order chi connectivity index (χ1) is 9.67. The van der Waals surface area contributed by atoms with Crippen LogP contribution in [0, 0.1) is 13.8 Å². The van der Waals surface area contributed by atoms with Gasteiger partial charge in [-0.25, -0.2) is 9.97 Å². The van der Waals surface area contributed by atoms with Crippen LogP contribution in [-0.4, -0.2) is 17.0 Å². The van der Waals surface area contributed by atoms with E-state index >= 15 is 0 Å². The molecule has 0 amide bonds. The molecule has 1 aliphatic carbocycles. The summed E-state index contributed by atoms with van der Waals surface area (Å²) in [5.41, 5.74) is 6.50. The minimum Gasteiger partial charge on any atom is -0.373 e. The van der Waals surface area contributed by atoms with Crippen molar-refractivity contribution in [1.29, 1.82) is 0 Å². The fourth-order valence-electron chi connectivity index (χ4n) is 2.87. The molecule has 1 aromatic heterocycles. The Balaban J connectivity index is 1.92. The average molecular weight is 267 g/mol. The zero-order valence-corrected chi connectivity index (χ0v) is 12.5. The first-order valence-electron chi connectivity index (χ1n) is 7.30. The van der Waals surface area contributed by atoms with E-state index in [0.29, 0.717) is 0 Å². The van der Waals surface area contributed by atoms with Gasteiger partial charge in [-0.3, -0.25) is 0 Å². The van der Waals surface area contributed by atoms with Gasteiger partial charge in [0, 0.05) is 24.7 Å². The molecule has 1 heterocycles. The molecule has 0 radical (unpaired) electrons. The molecule has 0 saturated carbocycles. The second-order valence-corrected chi connectivity index (χ2v) is 5.61. The van der Waals surface area contributed by atoms with E-state index < -0.39 is 0 Å². The van der Waals surface area contributed by atoms with Crippen molar-refractivity contribution in [3.05, 3.63) is 52.0 Å². The van der Waals surface area contributed by atoms with Crippen LogP contribution in [0.4, 0.5) is 5.82 Å². The summed E-state index contributed by atoms with van der Waals surface area (Å²) in [6.45, 7) is 4.30. The maximum absolute atomic E-state index is 4.76. The highest BCUT2D eigenvalue weighted by Crippen LogP contribution is 2.26. The molecule has 0 fully saturated rings. The number of nitrogens with one attached hydrogen (secondary N) is 1. The molecule has 1 aromatic carbocycles. The lowest BCUT2D eigenvalue weighted by molar-refractivity contribution is 0.885. The summed E-state index contributed by atoms with van der Waals surface area (Å²) in [6.07, 6.45) is 4.21. The van der Waals surface area contributed by atoms with Gasteiger partial charge in [0.2, 0.25) is 0 Å². The Morgan fingerprint density at radius 3 is 2.70 bits per heavy atom. The standard InChI is InChI=1S/C17H21N3/c1-11-7-8-13(9-12(11)2)10-16-19-15-6-4-5-14(15)17(18-3)20-16/h7-9H,4-6,10H2,1-3H3,(H,18,19,20). The topological polar surface area (TPSA) is 37.8 Å². The Bertz CT molecular complexity index is 647. The molecule has 2 aromatic rings. The van der Waals surface area contributed by atoms with Gasteiger partial charge in [-0.05, 0) is 49.8 Å². The van der Waals surface area contributed by atoms with Crippen molar-refractivity contribution in [3.8, 4) is 0 Å². The molecule has 3 heteroatoms. The van der Waals surface area contributed by atoms with Crippen molar-refractivity contribution >= 4 is 5.82 Å². The van der Waals surface area contributed by atoms with Gasteiger partial charge in [-0.2, -0.15) is 0 Å². The SMILES string of the molecule is CNc1nc(Cc2ccc(C)c(C)c2)nc2c1CCC2. The minimum absolute atomic E-state index is 0.809. The van der Waals surface area contributed by atoms with Crippen molar-refractivity contribution in [2.45, 2.75) is 39.5 Å². The lowest BCUT2D eigenvalue weighted by atomic mass is 10.0. The Hall–Kier alpha value is -1.90. The van der Waals surface area contributed by atoms with Crippen molar-refractivity contribution in [1.82, 2.24) is 9.97 Å². The highest BCUT2D eigenvalue weighted by Gasteiger charge is 2.18. The maximum atomic E-state index is 4.76. The van der Waals surface area contributed by atoms with Gasteiger partial charge in [0.05, 0.1) is 0 Å². The summed E-state index contributed by atoms with van der Waals surface area (Å²) in [6, 6.07) is 6.60. The molecule has 20 heavy (non-hydrogen) atoms. The quantitative estimate of drug-likeness (QED) is 0.928. The van der Waals surface area contributed by atoms with Crippen LogP contribution in [0.5, 0.6) is 0 Å². The smallest absolute Gasteiger partial charge is 0.135 e. The first kappa shape index (κ1) is 13.1. The lowest BCUT2D eigenvalue weighted by Crippen LogP contribution is -2.06. The number of anilines is 1.